The first kappa shape index (κ1) is 18.4. The maximum atomic E-state index is 12.2. The van der Waals surface area contributed by atoms with Crippen LogP contribution in [0.3, 0.4) is 0 Å². The van der Waals surface area contributed by atoms with Crippen LogP contribution in [0.15, 0.2) is 17.3 Å². The Morgan fingerprint density at radius 1 is 1.45 bits per heavy atom. The molecule has 0 aliphatic carbocycles. The van der Waals surface area contributed by atoms with Crippen molar-refractivity contribution in [1.82, 2.24) is 14.5 Å². The van der Waals surface area contributed by atoms with Crippen LogP contribution in [0.25, 0.3) is 0 Å². The van der Waals surface area contributed by atoms with Gasteiger partial charge in [-0.15, -0.1) is 0 Å². The van der Waals surface area contributed by atoms with E-state index in [-0.39, 0.29) is 12.3 Å². The molecule has 7 nitrogen and oxygen atoms in total. The van der Waals surface area contributed by atoms with Crippen LogP contribution in [0.2, 0.25) is 0 Å². The Bertz CT molecular complexity index is 625. The molecule has 1 atom stereocenters. The molecule has 22 heavy (non-hydrogen) atoms. The Morgan fingerprint density at radius 2 is 2.05 bits per heavy atom. The zero-order chi connectivity index (χ0) is 17.1. The lowest BCUT2D eigenvalue weighted by atomic mass is 10.1. The largest absolute Gasteiger partial charge is 0.480 e. The fourth-order valence-corrected chi connectivity index (χ4v) is 2.82. The summed E-state index contributed by atoms with van der Waals surface area (Å²) in [4.78, 5) is 11.0. The Kier molecular flexibility index (Phi) is 5.57. The highest BCUT2D eigenvalue weighted by molar-refractivity contribution is 7.89. The van der Waals surface area contributed by atoms with E-state index in [0.29, 0.717) is 4.68 Å². The molecule has 0 saturated carbocycles. The molecule has 1 aromatic rings. The predicted molar refractivity (Wildman–Crippen MR) is 69.5 cm³/mol. The van der Waals surface area contributed by atoms with Crippen molar-refractivity contribution in [1.29, 1.82) is 0 Å². The van der Waals surface area contributed by atoms with Crippen molar-refractivity contribution in [2.24, 2.45) is 5.92 Å². The molecular weight excluding hydrogens is 327 g/mol. The third kappa shape index (κ3) is 5.64. The second kappa shape index (κ2) is 6.65. The lowest BCUT2D eigenvalue weighted by molar-refractivity contribution is -0.142. The van der Waals surface area contributed by atoms with Gasteiger partial charge in [0.05, 0.1) is 0 Å². The highest BCUT2D eigenvalue weighted by Gasteiger charge is 2.31. The molecule has 1 rings (SSSR count). The van der Waals surface area contributed by atoms with Gasteiger partial charge in [-0.05, 0) is 18.4 Å². The minimum atomic E-state index is -4.54. The van der Waals surface area contributed by atoms with Gasteiger partial charge in [0.25, 0.3) is 10.0 Å². The maximum Gasteiger partial charge on any atom is 0.408 e. The molecule has 0 aliphatic heterocycles. The van der Waals surface area contributed by atoms with Crippen LogP contribution in [0, 0.1) is 5.92 Å². The smallest absolute Gasteiger partial charge is 0.408 e. The summed E-state index contributed by atoms with van der Waals surface area (Å²) >= 11 is 0. The second-order valence-electron chi connectivity index (χ2n) is 5.11. The molecule has 0 amide bonds. The SMILES string of the molecule is CC(C)C[C@H](NS(=O)(=O)c1ccn(CC(F)(F)F)n1)C(=O)O. The molecule has 0 fully saturated rings. The van der Waals surface area contributed by atoms with Gasteiger partial charge in [0.15, 0.2) is 5.03 Å². The Hall–Kier alpha value is -1.62. The van der Waals surface area contributed by atoms with Crippen molar-refractivity contribution in [2.45, 2.75) is 44.1 Å². The van der Waals surface area contributed by atoms with Gasteiger partial charge in [-0.1, -0.05) is 13.8 Å². The molecule has 0 aromatic carbocycles. The van der Waals surface area contributed by atoms with Gasteiger partial charge < -0.3 is 5.11 Å². The number of aliphatic carboxylic acids is 1. The third-order valence-corrected chi connectivity index (χ3v) is 3.90. The number of hydrogen-bond donors (Lipinski definition) is 2. The molecule has 126 valence electrons. The van der Waals surface area contributed by atoms with Crippen LogP contribution in [0.5, 0.6) is 0 Å². The third-order valence-electron chi connectivity index (χ3n) is 2.54. The number of carbonyl (C=O) groups is 1. The van der Waals surface area contributed by atoms with Gasteiger partial charge in [-0.25, -0.2) is 8.42 Å². The fourth-order valence-electron chi connectivity index (χ4n) is 1.68. The van der Waals surface area contributed by atoms with Crippen molar-refractivity contribution in [3.05, 3.63) is 12.3 Å². The van der Waals surface area contributed by atoms with E-state index in [2.05, 4.69) is 5.10 Å². The molecule has 1 heterocycles. The van der Waals surface area contributed by atoms with Crippen LogP contribution in [0.1, 0.15) is 20.3 Å². The topological polar surface area (TPSA) is 101 Å². The number of carboxylic acid groups (broad SMARTS) is 1. The van der Waals surface area contributed by atoms with E-state index in [1.165, 1.54) is 0 Å². The van der Waals surface area contributed by atoms with Gasteiger partial charge >= 0.3 is 12.1 Å². The van der Waals surface area contributed by atoms with Crippen molar-refractivity contribution in [3.63, 3.8) is 0 Å². The van der Waals surface area contributed by atoms with E-state index in [0.717, 1.165) is 12.3 Å². The average Bonchev–Trinajstić information content (AvgIpc) is 2.73. The molecule has 2 N–H and O–H groups in total. The first-order valence-corrected chi connectivity index (χ1v) is 7.74. The van der Waals surface area contributed by atoms with E-state index in [1.807, 2.05) is 4.72 Å². The summed E-state index contributed by atoms with van der Waals surface area (Å²) in [6.45, 7) is 1.99. The quantitative estimate of drug-likeness (QED) is 0.775. The van der Waals surface area contributed by atoms with Gasteiger partial charge in [0.2, 0.25) is 0 Å². The van der Waals surface area contributed by atoms with E-state index in [9.17, 15) is 26.4 Å². The molecule has 0 saturated heterocycles. The van der Waals surface area contributed by atoms with Gasteiger partial charge in [-0.2, -0.15) is 23.0 Å². The van der Waals surface area contributed by atoms with E-state index < -0.39 is 39.8 Å². The number of hydrogen-bond acceptors (Lipinski definition) is 4. The summed E-state index contributed by atoms with van der Waals surface area (Å²) in [5.41, 5.74) is 0. The molecule has 0 radical (unpaired) electrons. The molecule has 0 spiro atoms. The zero-order valence-electron chi connectivity index (χ0n) is 11.8. The second-order valence-corrected chi connectivity index (χ2v) is 6.77. The predicted octanol–water partition coefficient (Wildman–Crippen LogP) is 1.22. The van der Waals surface area contributed by atoms with Crippen molar-refractivity contribution < 1.29 is 31.5 Å². The Balaban J connectivity index is 2.92. The van der Waals surface area contributed by atoms with Gasteiger partial charge in [0, 0.05) is 6.20 Å². The Labute approximate surface area is 125 Å². The van der Waals surface area contributed by atoms with Crippen molar-refractivity contribution in [2.75, 3.05) is 0 Å². The fraction of sp³-hybridized carbons (Fsp3) is 0.636. The summed E-state index contributed by atoms with van der Waals surface area (Å²) < 4.78 is 62.9. The van der Waals surface area contributed by atoms with Crippen LogP contribution in [-0.4, -0.2) is 41.5 Å². The number of halogens is 3. The van der Waals surface area contributed by atoms with E-state index >= 15 is 0 Å². The number of sulfonamides is 1. The molecule has 0 aliphatic rings. The van der Waals surface area contributed by atoms with E-state index in [1.54, 1.807) is 13.8 Å². The lowest BCUT2D eigenvalue weighted by Gasteiger charge is -2.15. The average molecular weight is 343 g/mol. The summed E-state index contributed by atoms with van der Waals surface area (Å²) in [6, 6.07) is -0.500. The van der Waals surface area contributed by atoms with E-state index in [4.69, 9.17) is 5.11 Å². The standard InChI is InChI=1S/C11H16F3N3O4S/c1-7(2)5-8(10(18)19)16-22(20,21)9-3-4-17(15-9)6-11(12,13)14/h3-4,7-8,16H,5-6H2,1-2H3,(H,18,19)/t8-/m0/s1. The van der Waals surface area contributed by atoms with Crippen LogP contribution < -0.4 is 4.72 Å². The van der Waals surface area contributed by atoms with Crippen molar-refractivity contribution >= 4 is 16.0 Å². The lowest BCUT2D eigenvalue weighted by Crippen LogP contribution is -2.41. The summed E-state index contributed by atoms with van der Waals surface area (Å²) in [7, 11) is -4.32. The van der Waals surface area contributed by atoms with Gasteiger partial charge in [0.1, 0.15) is 12.6 Å². The monoisotopic (exact) mass is 343 g/mol. The molecular formula is C11H16F3N3O4S. The highest BCUT2D eigenvalue weighted by Crippen LogP contribution is 2.18. The normalized spacial score (nSPS) is 14.3. The Morgan fingerprint density at radius 3 is 2.50 bits per heavy atom. The number of nitrogens with zero attached hydrogens (tertiary/aromatic N) is 2. The summed E-state index contributed by atoms with van der Waals surface area (Å²) in [5.74, 6) is -1.46. The van der Waals surface area contributed by atoms with Crippen LogP contribution >= 0.6 is 0 Å². The zero-order valence-corrected chi connectivity index (χ0v) is 12.6. The number of carboxylic acids is 1. The minimum absolute atomic E-state index is 0.0395. The summed E-state index contributed by atoms with van der Waals surface area (Å²) in [6.07, 6.45) is -3.64. The number of aromatic nitrogens is 2. The summed E-state index contributed by atoms with van der Waals surface area (Å²) in [5, 5.41) is 11.6. The van der Waals surface area contributed by atoms with Crippen molar-refractivity contribution in [3.8, 4) is 0 Å². The number of nitrogens with one attached hydrogen (secondary N) is 1. The van der Waals surface area contributed by atoms with Crippen LogP contribution in [-0.2, 0) is 21.4 Å². The minimum Gasteiger partial charge on any atom is -0.480 e. The molecule has 11 heteroatoms. The maximum absolute atomic E-state index is 12.2. The first-order chi connectivity index (χ1) is 9.90. The van der Waals surface area contributed by atoms with Crippen LogP contribution in [0.4, 0.5) is 13.2 Å². The molecule has 0 bridgehead atoms. The van der Waals surface area contributed by atoms with Gasteiger partial charge in [-0.3, -0.25) is 9.48 Å². The number of alkyl halides is 3. The first-order valence-electron chi connectivity index (χ1n) is 6.26. The molecule has 1 aromatic heterocycles. The highest BCUT2D eigenvalue weighted by atomic mass is 32.2. The molecule has 0 unspecified atom stereocenters. The number of rotatable bonds is 7.